The Morgan fingerprint density at radius 3 is 1.96 bits per heavy atom. The number of anilines is 1. The van der Waals surface area contributed by atoms with E-state index in [0.29, 0.717) is 19.4 Å². The molecule has 26 heavy (non-hydrogen) atoms. The summed E-state index contributed by atoms with van der Waals surface area (Å²) in [6.07, 6.45) is 1.93. The summed E-state index contributed by atoms with van der Waals surface area (Å²) < 4.78 is 0. The van der Waals surface area contributed by atoms with Crippen LogP contribution in [0.15, 0.2) is 53.5 Å². The van der Waals surface area contributed by atoms with E-state index in [4.69, 9.17) is 17.2 Å². The largest absolute Gasteiger partial charge is 0.370 e. The second-order valence-corrected chi connectivity index (χ2v) is 5.52. The number of carbonyl (C=O) groups excluding carboxylic acids is 1. The van der Waals surface area contributed by atoms with Gasteiger partial charge >= 0.3 is 0 Å². The molecule has 142 valence electrons. The third kappa shape index (κ3) is 8.20. The number of benzene rings is 2. The van der Waals surface area contributed by atoms with Crippen LogP contribution in [0, 0.1) is 0 Å². The zero-order chi connectivity index (χ0) is 17.4. The maximum atomic E-state index is 11.7. The average molecular weight is 398 g/mol. The number of aliphatic imine (C=N–C) groups is 1. The fourth-order valence-electron chi connectivity index (χ4n) is 2.27. The zero-order valence-corrected chi connectivity index (χ0v) is 16.0. The summed E-state index contributed by atoms with van der Waals surface area (Å²) in [5.41, 5.74) is 19.9. The van der Waals surface area contributed by atoms with Crippen molar-refractivity contribution < 1.29 is 4.79 Å². The number of nitrogens with zero attached hydrogens (tertiary/aromatic N) is 1. The van der Waals surface area contributed by atoms with E-state index in [1.807, 2.05) is 48.5 Å². The molecule has 8 heteroatoms. The van der Waals surface area contributed by atoms with Crippen LogP contribution < -0.4 is 22.5 Å². The fraction of sp³-hybridized carbons (Fsp3) is 0.222. The van der Waals surface area contributed by atoms with E-state index < -0.39 is 0 Å². The minimum Gasteiger partial charge on any atom is -0.370 e. The molecular weight excluding hydrogens is 373 g/mol. The minimum atomic E-state index is -0.0106. The standard InChI is InChI=1S/C18H23N5O.2ClH/c19-11-1-2-17(24)22-15-7-3-13(4-8-15)12-14-5-9-16(10-6-14)23-18(20)21;;/h3-10H,1-2,11-12,19H2,(H,22,24)(H4,20,21,23);2*1H. The summed E-state index contributed by atoms with van der Waals surface area (Å²) in [7, 11) is 0. The molecule has 0 spiro atoms. The second-order valence-electron chi connectivity index (χ2n) is 5.52. The molecule has 0 radical (unpaired) electrons. The van der Waals surface area contributed by atoms with E-state index >= 15 is 0 Å². The number of hydrogen-bond donors (Lipinski definition) is 4. The number of nitrogens with one attached hydrogen (secondary N) is 1. The zero-order valence-electron chi connectivity index (χ0n) is 14.4. The van der Waals surface area contributed by atoms with Crippen molar-refractivity contribution in [3.8, 4) is 0 Å². The van der Waals surface area contributed by atoms with E-state index in [9.17, 15) is 4.79 Å². The van der Waals surface area contributed by atoms with Gasteiger partial charge in [0.2, 0.25) is 5.91 Å². The summed E-state index contributed by atoms with van der Waals surface area (Å²) in [6, 6.07) is 15.6. The lowest BCUT2D eigenvalue weighted by atomic mass is 10.0. The van der Waals surface area contributed by atoms with Crippen LogP contribution in [0.2, 0.25) is 0 Å². The number of carbonyl (C=O) groups is 1. The smallest absolute Gasteiger partial charge is 0.224 e. The van der Waals surface area contributed by atoms with Gasteiger partial charge in [0.25, 0.3) is 0 Å². The van der Waals surface area contributed by atoms with Gasteiger partial charge in [-0.25, -0.2) is 4.99 Å². The van der Waals surface area contributed by atoms with Crippen LogP contribution in [-0.2, 0) is 11.2 Å². The van der Waals surface area contributed by atoms with Crippen molar-refractivity contribution in [1.82, 2.24) is 0 Å². The number of rotatable bonds is 7. The molecule has 1 amide bonds. The third-order valence-electron chi connectivity index (χ3n) is 3.45. The van der Waals surface area contributed by atoms with E-state index in [2.05, 4.69) is 10.3 Å². The van der Waals surface area contributed by atoms with Gasteiger partial charge in [0, 0.05) is 12.1 Å². The Morgan fingerprint density at radius 1 is 0.923 bits per heavy atom. The number of amides is 1. The van der Waals surface area contributed by atoms with E-state index in [0.717, 1.165) is 28.9 Å². The number of guanidine groups is 1. The van der Waals surface area contributed by atoms with Crippen molar-refractivity contribution in [3.05, 3.63) is 59.7 Å². The van der Waals surface area contributed by atoms with Gasteiger partial charge in [0.05, 0.1) is 5.69 Å². The molecule has 0 fully saturated rings. The van der Waals surface area contributed by atoms with Crippen LogP contribution in [0.3, 0.4) is 0 Å². The van der Waals surface area contributed by atoms with Crippen molar-refractivity contribution in [2.75, 3.05) is 11.9 Å². The summed E-state index contributed by atoms with van der Waals surface area (Å²) >= 11 is 0. The van der Waals surface area contributed by atoms with Crippen molar-refractivity contribution >= 4 is 48.1 Å². The topological polar surface area (TPSA) is 120 Å². The fourth-order valence-corrected chi connectivity index (χ4v) is 2.27. The maximum Gasteiger partial charge on any atom is 0.224 e. The molecule has 0 aromatic heterocycles. The molecule has 2 rings (SSSR count). The molecule has 2 aromatic rings. The third-order valence-corrected chi connectivity index (χ3v) is 3.45. The van der Waals surface area contributed by atoms with Crippen LogP contribution in [0.25, 0.3) is 0 Å². The van der Waals surface area contributed by atoms with E-state index in [-0.39, 0.29) is 36.7 Å². The molecule has 0 aliphatic rings. The van der Waals surface area contributed by atoms with Gasteiger partial charge in [0.15, 0.2) is 5.96 Å². The first kappa shape index (κ1) is 23.7. The van der Waals surface area contributed by atoms with Gasteiger partial charge in [-0.05, 0) is 54.8 Å². The predicted molar refractivity (Wildman–Crippen MR) is 113 cm³/mol. The summed E-state index contributed by atoms with van der Waals surface area (Å²) in [5.74, 6) is 0.0374. The summed E-state index contributed by atoms with van der Waals surface area (Å²) in [5, 5.41) is 2.86. The van der Waals surface area contributed by atoms with Crippen LogP contribution in [0.5, 0.6) is 0 Å². The SMILES string of the molecule is Cl.Cl.NCCCC(=O)Nc1ccc(Cc2ccc(N=C(N)N)cc2)cc1. The monoisotopic (exact) mass is 397 g/mol. The molecule has 7 N–H and O–H groups in total. The minimum absolute atomic E-state index is 0. The van der Waals surface area contributed by atoms with Gasteiger partial charge < -0.3 is 22.5 Å². The quantitative estimate of drug-likeness (QED) is 0.423. The summed E-state index contributed by atoms with van der Waals surface area (Å²) in [4.78, 5) is 15.7. The highest BCUT2D eigenvalue weighted by molar-refractivity contribution is 5.90. The molecule has 6 nitrogen and oxygen atoms in total. The highest BCUT2D eigenvalue weighted by atomic mass is 35.5. The number of nitrogens with two attached hydrogens (primary N) is 3. The molecule has 0 aliphatic carbocycles. The lowest BCUT2D eigenvalue weighted by Gasteiger charge is -2.07. The normalized spacial score (nSPS) is 9.42. The van der Waals surface area contributed by atoms with Gasteiger partial charge in [-0.2, -0.15) is 0 Å². The summed E-state index contributed by atoms with van der Waals surface area (Å²) in [6.45, 7) is 0.522. The lowest BCUT2D eigenvalue weighted by molar-refractivity contribution is -0.116. The van der Waals surface area contributed by atoms with E-state index in [1.165, 1.54) is 0 Å². The van der Waals surface area contributed by atoms with Crippen LogP contribution in [-0.4, -0.2) is 18.4 Å². The molecule has 2 aromatic carbocycles. The predicted octanol–water partition coefficient (Wildman–Crippen LogP) is 2.70. The van der Waals surface area contributed by atoms with Crippen molar-refractivity contribution in [1.29, 1.82) is 0 Å². The highest BCUT2D eigenvalue weighted by Crippen LogP contribution is 2.17. The molecule has 0 unspecified atom stereocenters. The molecular formula is C18H25Cl2N5O. The molecule has 0 heterocycles. The van der Waals surface area contributed by atoms with Crippen molar-refractivity contribution in [3.63, 3.8) is 0 Å². The van der Waals surface area contributed by atoms with Gasteiger partial charge in [0.1, 0.15) is 0 Å². The Morgan fingerprint density at radius 2 is 1.46 bits per heavy atom. The van der Waals surface area contributed by atoms with Gasteiger partial charge in [-0.3, -0.25) is 4.79 Å². The Hall–Kier alpha value is -2.28. The van der Waals surface area contributed by atoms with Crippen LogP contribution in [0.4, 0.5) is 11.4 Å². The Bertz CT molecular complexity index is 699. The average Bonchev–Trinajstić information content (AvgIpc) is 2.56. The lowest BCUT2D eigenvalue weighted by Crippen LogP contribution is -2.21. The number of hydrogen-bond acceptors (Lipinski definition) is 3. The molecule has 0 saturated carbocycles. The highest BCUT2D eigenvalue weighted by Gasteiger charge is 2.02. The molecule has 0 aliphatic heterocycles. The van der Waals surface area contributed by atoms with Gasteiger partial charge in [-0.1, -0.05) is 24.3 Å². The Kier molecular flexibility index (Phi) is 11.1. The Labute approximate surface area is 166 Å². The van der Waals surface area contributed by atoms with Crippen molar-refractivity contribution in [2.45, 2.75) is 19.3 Å². The first-order valence-electron chi connectivity index (χ1n) is 7.84. The second kappa shape index (κ2) is 12.1. The van der Waals surface area contributed by atoms with Gasteiger partial charge in [-0.15, -0.1) is 24.8 Å². The van der Waals surface area contributed by atoms with Crippen molar-refractivity contribution in [2.24, 2.45) is 22.2 Å². The first-order chi connectivity index (χ1) is 11.6. The molecule has 0 bridgehead atoms. The number of halogens is 2. The first-order valence-corrected chi connectivity index (χ1v) is 7.84. The van der Waals surface area contributed by atoms with Crippen LogP contribution >= 0.6 is 24.8 Å². The maximum absolute atomic E-state index is 11.7. The molecule has 0 saturated heterocycles. The molecule has 0 atom stereocenters. The Balaban J connectivity index is 0.00000312. The van der Waals surface area contributed by atoms with Crippen LogP contribution in [0.1, 0.15) is 24.0 Å². The van der Waals surface area contributed by atoms with E-state index in [1.54, 1.807) is 0 Å².